The van der Waals surface area contributed by atoms with Crippen LogP contribution in [0.1, 0.15) is 37.4 Å². The van der Waals surface area contributed by atoms with Crippen LogP contribution in [0.15, 0.2) is 12.1 Å². The van der Waals surface area contributed by atoms with Gasteiger partial charge in [-0.3, -0.25) is 0 Å². The number of H-pyrrole nitrogens is 1. The van der Waals surface area contributed by atoms with Crippen molar-refractivity contribution >= 4 is 11.2 Å². The minimum atomic E-state index is 0.517. The lowest BCUT2D eigenvalue weighted by Gasteiger charge is -2.26. The van der Waals surface area contributed by atoms with Gasteiger partial charge in [-0.2, -0.15) is 4.98 Å². The Balaban J connectivity index is 1.81. The number of nitrogens with zero attached hydrogens (tertiary/aromatic N) is 2. The monoisotopic (exact) mass is 260 g/mol. The Bertz CT molecular complexity index is 558. The topological polar surface area (TPSA) is 76.8 Å². The van der Waals surface area contributed by atoms with Crippen molar-refractivity contribution in [3.05, 3.63) is 18.0 Å². The van der Waals surface area contributed by atoms with Crippen LogP contribution in [0.5, 0.6) is 5.88 Å². The van der Waals surface area contributed by atoms with Gasteiger partial charge < -0.3 is 15.5 Å². The van der Waals surface area contributed by atoms with Crippen LogP contribution >= 0.6 is 0 Å². The summed E-state index contributed by atoms with van der Waals surface area (Å²) in [5, 5.41) is 0. The number of fused-ring (bicyclic) bond motifs is 1. The molecule has 102 valence electrons. The molecule has 1 aliphatic rings. The molecule has 0 aliphatic heterocycles. The largest absolute Gasteiger partial charge is 0.481 e. The molecule has 0 aromatic carbocycles. The predicted molar refractivity (Wildman–Crippen MR) is 74.2 cm³/mol. The van der Waals surface area contributed by atoms with Gasteiger partial charge in [0.1, 0.15) is 5.82 Å². The average Bonchev–Trinajstić information content (AvgIpc) is 2.90. The fraction of sp³-hybridized carbons (Fsp3) is 0.571. The summed E-state index contributed by atoms with van der Waals surface area (Å²) in [5.74, 6) is 2.88. The van der Waals surface area contributed by atoms with Gasteiger partial charge in [-0.1, -0.05) is 0 Å². The van der Waals surface area contributed by atoms with E-state index >= 15 is 0 Å². The second-order valence-corrected chi connectivity index (χ2v) is 5.30. The van der Waals surface area contributed by atoms with E-state index in [0.29, 0.717) is 17.7 Å². The number of methoxy groups -OCH3 is 1. The Morgan fingerprint density at radius 3 is 2.74 bits per heavy atom. The number of imidazole rings is 1. The zero-order valence-corrected chi connectivity index (χ0v) is 11.2. The zero-order valence-electron chi connectivity index (χ0n) is 11.2. The smallest absolute Gasteiger partial charge is 0.215 e. The molecule has 0 bridgehead atoms. The molecule has 5 heteroatoms. The van der Waals surface area contributed by atoms with Crippen molar-refractivity contribution in [3.8, 4) is 5.88 Å². The minimum Gasteiger partial charge on any atom is -0.481 e. The number of ether oxygens (including phenoxy) is 1. The summed E-state index contributed by atoms with van der Waals surface area (Å²) in [6.07, 6.45) is 4.74. The van der Waals surface area contributed by atoms with Crippen molar-refractivity contribution < 1.29 is 4.74 Å². The van der Waals surface area contributed by atoms with Crippen molar-refractivity contribution in [3.63, 3.8) is 0 Å². The molecule has 1 saturated carbocycles. The molecule has 2 aromatic heterocycles. The van der Waals surface area contributed by atoms with E-state index in [0.717, 1.165) is 23.5 Å². The Morgan fingerprint density at radius 1 is 1.26 bits per heavy atom. The van der Waals surface area contributed by atoms with Gasteiger partial charge in [-0.15, -0.1) is 0 Å². The molecule has 19 heavy (non-hydrogen) atoms. The van der Waals surface area contributed by atoms with Crippen LogP contribution in [-0.4, -0.2) is 28.6 Å². The highest BCUT2D eigenvalue weighted by molar-refractivity contribution is 5.71. The van der Waals surface area contributed by atoms with Crippen molar-refractivity contribution in [2.45, 2.75) is 31.6 Å². The van der Waals surface area contributed by atoms with Crippen LogP contribution < -0.4 is 10.5 Å². The molecule has 3 N–H and O–H groups in total. The van der Waals surface area contributed by atoms with Crippen molar-refractivity contribution in [2.75, 3.05) is 13.7 Å². The van der Waals surface area contributed by atoms with E-state index in [-0.39, 0.29) is 0 Å². The summed E-state index contributed by atoms with van der Waals surface area (Å²) in [5.41, 5.74) is 7.46. The Hall–Kier alpha value is -1.62. The summed E-state index contributed by atoms with van der Waals surface area (Å²) in [6.45, 7) is 0.811. The molecule has 0 atom stereocenters. The van der Waals surface area contributed by atoms with Crippen LogP contribution in [0.3, 0.4) is 0 Å². The first-order valence-electron chi connectivity index (χ1n) is 6.91. The lowest BCUT2D eigenvalue weighted by Crippen LogP contribution is -2.21. The van der Waals surface area contributed by atoms with Crippen molar-refractivity contribution in [2.24, 2.45) is 11.7 Å². The highest BCUT2D eigenvalue weighted by atomic mass is 16.5. The van der Waals surface area contributed by atoms with Crippen LogP contribution in [0.2, 0.25) is 0 Å². The second-order valence-electron chi connectivity index (χ2n) is 5.30. The van der Waals surface area contributed by atoms with Crippen LogP contribution in [0.4, 0.5) is 0 Å². The third-order valence-electron chi connectivity index (χ3n) is 4.11. The van der Waals surface area contributed by atoms with Crippen LogP contribution in [-0.2, 0) is 0 Å². The highest BCUT2D eigenvalue weighted by Gasteiger charge is 2.24. The summed E-state index contributed by atoms with van der Waals surface area (Å²) >= 11 is 0. The van der Waals surface area contributed by atoms with Gasteiger partial charge >= 0.3 is 0 Å². The van der Waals surface area contributed by atoms with E-state index in [9.17, 15) is 0 Å². The molecular formula is C14H20N4O. The van der Waals surface area contributed by atoms with Gasteiger partial charge in [0.15, 0.2) is 5.65 Å². The van der Waals surface area contributed by atoms with E-state index in [1.54, 1.807) is 7.11 Å². The third-order valence-corrected chi connectivity index (χ3v) is 4.11. The van der Waals surface area contributed by atoms with Gasteiger partial charge in [0.25, 0.3) is 0 Å². The highest BCUT2D eigenvalue weighted by Crippen LogP contribution is 2.34. The molecule has 0 radical (unpaired) electrons. The Kier molecular flexibility index (Phi) is 3.38. The maximum atomic E-state index is 5.73. The molecule has 0 spiro atoms. The SMILES string of the molecule is COc1ccc2[nH]c(C3CCC(CN)CC3)nc2n1. The van der Waals surface area contributed by atoms with Crippen LogP contribution in [0, 0.1) is 5.92 Å². The number of hydrogen-bond donors (Lipinski definition) is 2. The molecule has 0 unspecified atom stereocenters. The fourth-order valence-electron chi connectivity index (χ4n) is 2.87. The Labute approximate surface area is 112 Å². The van der Waals surface area contributed by atoms with E-state index in [4.69, 9.17) is 10.5 Å². The Morgan fingerprint density at radius 2 is 2.05 bits per heavy atom. The average molecular weight is 260 g/mol. The maximum Gasteiger partial charge on any atom is 0.215 e. The minimum absolute atomic E-state index is 0.517. The lowest BCUT2D eigenvalue weighted by molar-refractivity contribution is 0.326. The number of rotatable bonds is 3. The van der Waals surface area contributed by atoms with E-state index in [2.05, 4.69) is 15.0 Å². The predicted octanol–water partition coefficient (Wildman–Crippen LogP) is 2.20. The number of pyridine rings is 1. The van der Waals surface area contributed by atoms with Crippen LogP contribution in [0.25, 0.3) is 11.2 Å². The number of nitrogens with two attached hydrogens (primary N) is 1. The fourth-order valence-corrected chi connectivity index (χ4v) is 2.87. The summed E-state index contributed by atoms with van der Waals surface area (Å²) < 4.78 is 5.13. The summed E-state index contributed by atoms with van der Waals surface area (Å²) in [7, 11) is 1.62. The van der Waals surface area contributed by atoms with E-state index in [1.807, 2.05) is 12.1 Å². The molecule has 2 aromatic rings. The van der Waals surface area contributed by atoms with E-state index in [1.165, 1.54) is 25.7 Å². The molecule has 0 amide bonds. The molecule has 0 saturated heterocycles. The van der Waals surface area contributed by atoms with Gasteiger partial charge in [0.05, 0.1) is 12.6 Å². The van der Waals surface area contributed by atoms with E-state index < -0.39 is 0 Å². The molecule has 1 aliphatic carbocycles. The number of aromatic amines is 1. The molecule has 1 fully saturated rings. The standard InChI is InChI=1S/C14H20N4O/c1-19-12-7-6-11-14(17-12)18-13(16-11)10-4-2-9(8-15)3-5-10/h6-7,9-10H,2-5,8,15H2,1H3,(H,16,17,18). The third kappa shape index (κ3) is 2.42. The van der Waals surface area contributed by atoms with Crippen molar-refractivity contribution in [1.29, 1.82) is 0 Å². The van der Waals surface area contributed by atoms with Crippen molar-refractivity contribution in [1.82, 2.24) is 15.0 Å². The molecule has 2 heterocycles. The molecule has 3 rings (SSSR count). The van der Waals surface area contributed by atoms with Gasteiger partial charge in [0.2, 0.25) is 5.88 Å². The normalized spacial score (nSPS) is 23.7. The zero-order chi connectivity index (χ0) is 13.2. The molecule has 5 nitrogen and oxygen atoms in total. The summed E-state index contributed by atoms with van der Waals surface area (Å²) in [6, 6.07) is 3.83. The summed E-state index contributed by atoms with van der Waals surface area (Å²) in [4.78, 5) is 12.4. The second kappa shape index (κ2) is 5.17. The number of nitrogens with one attached hydrogen (secondary N) is 1. The molecular weight excluding hydrogens is 240 g/mol. The number of hydrogen-bond acceptors (Lipinski definition) is 4. The first-order chi connectivity index (χ1) is 9.30. The first-order valence-corrected chi connectivity index (χ1v) is 6.91. The van der Waals surface area contributed by atoms with Gasteiger partial charge in [-0.25, -0.2) is 4.98 Å². The lowest BCUT2D eigenvalue weighted by atomic mass is 9.82. The first kappa shape index (κ1) is 12.4. The maximum absolute atomic E-state index is 5.73. The quantitative estimate of drug-likeness (QED) is 0.887. The number of aromatic nitrogens is 3. The van der Waals surface area contributed by atoms with Gasteiger partial charge in [-0.05, 0) is 44.2 Å². The van der Waals surface area contributed by atoms with Gasteiger partial charge in [0, 0.05) is 12.0 Å².